The second-order valence-electron chi connectivity index (χ2n) is 6.43. The maximum atomic E-state index is 12.9. The van der Waals surface area contributed by atoms with E-state index in [0.29, 0.717) is 25.9 Å². The average molecular weight is 384 g/mol. The molecule has 26 heavy (non-hydrogen) atoms. The first-order valence-corrected chi connectivity index (χ1v) is 10.1. The Kier molecular flexibility index (Phi) is 6.38. The van der Waals surface area contributed by atoms with Crippen LogP contribution in [0.3, 0.4) is 0 Å². The van der Waals surface area contributed by atoms with Crippen molar-refractivity contribution in [1.29, 1.82) is 0 Å². The highest BCUT2D eigenvalue weighted by atomic mass is 32.2. The van der Waals surface area contributed by atoms with E-state index in [9.17, 15) is 18.0 Å². The molecule has 0 radical (unpaired) electrons. The molecule has 1 aromatic carbocycles. The van der Waals surface area contributed by atoms with Gasteiger partial charge in [0.1, 0.15) is 0 Å². The summed E-state index contributed by atoms with van der Waals surface area (Å²) in [4.78, 5) is 24.7. The van der Waals surface area contributed by atoms with Crippen molar-refractivity contribution in [3.63, 3.8) is 0 Å². The predicted molar refractivity (Wildman–Crippen MR) is 95.9 cm³/mol. The standard InChI is InChI=1S/C17H24N2O6S/c1-24-11-17(4-6-18-7-5-17)16(21)19-13-8-12(15(20)25-2)9-14(10-13)26(3,22)23/h8-10,18H,4-7,11H2,1-3H3,(H,19,21). The molecule has 0 saturated carbocycles. The quantitative estimate of drug-likeness (QED) is 0.699. The van der Waals surface area contributed by atoms with E-state index in [2.05, 4.69) is 15.4 Å². The molecule has 0 unspecified atom stereocenters. The number of esters is 1. The van der Waals surface area contributed by atoms with Gasteiger partial charge in [-0.2, -0.15) is 0 Å². The van der Waals surface area contributed by atoms with Crippen LogP contribution in [0.1, 0.15) is 23.2 Å². The van der Waals surface area contributed by atoms with E-state index >= 15 is 0 Å². The summed E-state index contributed by atoms with van der Waals surface area (Å²) in [5.74, 6) is -0.943. The number of piperidine rings is 1. The summed E-state index contributed by atoms with van der Waals surface area (Å²) < 4.78 is 33.7. The minimum atomic E-state index is -3.57. The number of anilines is 1. The molecule has 1 aliphatic rings. The topological polar surface area (TPSA) is 111 Å². The Morgan fingerprint density at radius 3 is 2.38 bits per heavy atom. The number of sulfone groups is 1. The van der Waals surface area contributed by atoms with Crippen LogP contribution in [0, 0.1) is 5.41 Å². The van der Waals surface area contributed by atoms with Gasteiger partial charge in [0, 0.05) is 19.1 Å². The lowest BCUT2D eigenvalue weighted by molar-refractivity contribution is -0.130. The molecular weight excluding hydrogens is 360 g/mol. The van der Waals surface area contributed by atoms with Crippen molar-refractivity contribution in [2.45, 2.75) is 17.7 Å². The van der Waals surface area contributed by atoms with Crippen LogP contribution in [0.4, 0.5) is 5.69 Å². The lowest BCUT2D eigenvalue weighted by Crippen LogP contribution is -2.47. The molecule has 1 fully saturated rings. The van der Waals surface area contributed by atoms with Crippen molar-refractivity contribution >= 4 is 27.4 Å². The van der Waals surface area contributed by atoms with E-state index < -0.39 is 21.2 Å². The van der Waals surface area contributed by atoms with E-state index in [1.54, 1.807) is 0 Å². The number of carbonyl (C=O) groups is 2. The van der Waals surface area contributed by atoms with Crippen molar-refractivity contribution in [2.24, 2.45) is 5.41 Å². The minimum absolute atomic E-state index is 0.0526. The van der Waals surface area contributed by atoms with E-state index in [1.807, 2.05) is 0 Å². The van der Waals surface area contributed by atoms with Crippen molar-refractivity contribution in [3.8, 4) is 0 Å². The summed E-state index contributed by atoms with van der Waals surface area (Å²) in [5, 5.41) is 5.95. The molecule has 2 rings (SSSR count). The van der Waals surface area contributed by atoms with Crippen LogP contribution < -0.4 is 10.6 Å². The molecule has 1 amide bonds. The summed E-state index contributed by atoms with van der Waals surface area (Å²) in [6.07, 6.45) is 2.23. The highest BCUT2D eigenvalue weighted by molar-refractivity contribution is 7.90. The van der Waals surface area contributed by atoms with Gasteiger partial charge in [-0.1, -0.05) is 0 Å². The Labute approximate surface area is 153 Å². The van der Waals surface area contributed by atoms with Crippen LogP contribution in [-0.4, -0.2) is 60.5 Å². The molecule has 8 nitrogen and oxygen atoms in total. The summed E-state index contributed by atoms with van der Waals surface area (Å²) in [6, 6.07) is 3.97. The van der Waals surface area contributed by atoms with Gasteiger partial charge in [-0.05, 0) is 44.1 Å². The number of methoxy groups -OCH3 is 2. The normalized spacial score (nSPS) is 16.7. The van der Waals surface area contributed by atoms with Crippen LogP contribution >= 0.6 is 0 Å². The molecule has 9 heteroatoms. The van der Waals surface area contributed by atoms with Crippen LogP contribution in [0.25, 0.3) is 0 Å². The fourth-order valence-corrected chi connectivity index (χ4v) is 3.69. The summed E-state index contributed by atoms with van der Waals surface area (Å²) in [7, 11) is -0.826. The molecule has 1 aromatic rings. The first-order chi connectivity index (χ1) is 12.2. The Hall–Kier alpha value is -1.97. The first-order valence-electron chi connectivity index (χ1n) is 8.16. The monoisotopic (exact) mass is 384 g/mol. The lowest BCUT2D eigenvalue weighted by Gasteiger charge is -2.35. The molecule has 1 heterocycles. The van der Waals surface area contributed by atoms with Crippen LogP contribution in [-0.2, 0) is 24.1 Å². The molecule has 144 valence electrons. The van der Waals surface area contributed by atoms with Gasteiger partial charge in [0.05, 0.1) is 29.6 Å². The first kappa shape index (κ1) is 20.3. The maximum absolute atomic E-state index is 12.9. The minimum Gasteiger partial charge on any atom is -0.465 e. The smallest absolute Gasteiger partial charge is 0.337 e. The molecule has 1 saturated heterocycles. The molecule has 2 N–H and O–H groups in total. The molecule has 0 aliphatic carbocycles. The number of hydrogen-bond donors (Lipinski definition) is 2. The maximum Gasteiger partial charge on any atom is 0.337 e. The number of benzene rings is 1. The summed E-state index contributed by atoms with van der Waals surface area (Å²) in [5.41, 5.74) is -0.420. The van der Waals surface area contributed by atoms with Gasteiger partial charge in [-0.15, -0.1) is 0 Å². The fourth-order valence-electron chi connectivity index (χ4n) is 3.00. The highest BCUT2D eigenvalue weighted by Crippen LogP contribution is 2.31. The Morgan fingerprint density at radius 1 is 1.19 bits per heavy atom. The summed E-state index contributed by atoms with van der Waals surface area (Å²) >= 11 is 0. The number of ether oxygens (including phenoxy) is 2. The van der Waals surface area contributed by atoms with Gasteiger partial charge in [-0.3, -0.25) is 4.79 Å². The lowest BCUT2D eigenvalue weighted by atomic mass is 9.78. The van der Waals surface area contributed by atoms with Crippen LogP contribution in [0.15, 0.2) is 23.1 Å². The SMILES string of the molecule is COCC1(C(=O)Nc2cc(C(=O)OC)cc(S(C)(=O)=O)c2)CCNCC1. The highest BCUT2D eigenvalue weighted by Gasteiger charge is 2.39. The van der Waals surface area contributed by atoms with Crippen LogP contribution in [0.5, 0.6) is 0 Å². The van der Waals surface area contributed by atoms with E-state index in [0.717, 1.165) is 6.26 Å². The predicted octanol–water partition coefficient (Wildman–Crippen LogP) is 0.831. The van der Waals surface area contributed by atoms with Gasteiger partial charge in [0.15, 0.2) is 9.84 Å². The molecule has 0 spiro atoms. The largest absolute Gasteiger partial charge is 0.465 e. The van der Waals surface area contributed by atoms with E-state index in [1.165, 1.54) is 32.4 Å². The van der Waals surface area contributed by atoms with E-state index in [-0.39, 0.29) is 28.7 Å². The van der Waals surface area contributed by atoms with E-state index in [4.69, 9.17) is 4.74 Å². The average Bonchev–Trinajstić information content (AvgIpc) is 2.61. The van der Waals surface area contributed by atoms with Crippen molar-refractivity contribution < 1.29 is 27.5 Å². The number of nitrogens with one attached hydrogen (secondary N) is 2. The van der Waals surface area contributed by atoms with Gasteiger partial charge < -0.3 is 20.1 Å². The number of rotatable bonds is 6. The number of carbonyl (C=O) groups excluding carboxylic acids is 2. The van der Waals surface area contributed by atoms with Crippen molar-refractivity contribution in [1.82, 2.24) is 5.32 Å². The molecule has 0 aromatic heterocycles. The van der Waals surface area contributed by atoms with Gasteiger partial charge in [-0.25, -0.2) is 13.2 Å². The third kappa shape index (κ3) is 4.60. The Morgan fingerprint density at radius 2 is 1.85 bits per heavy atom. The second-order valence-corrected chi connectivity index (χ2v) is 8.44. The zero-order chi connectivity index (χ0) is 19.4. The van der Waals surface area contributed by atoms with Gasteiger partial charge >= 0.3 is 5.97 Å². The van der Waals surface area contributed by atoms with Crippen molar-refractivity contribution in [2.75, 3.05) is 45.5 Å². The molecule has 0 bridgehead atoms. The Bertz CT molecular complexity index is 779. The van der Waals surface area contributed by atoms with Gasteiger partial charge in [0.2, 0.25) is 5.91 Å². The van der Waals surface area contributed by atoms with Gasteiger partial charge in [0.25, 0.3) is 0 Å². The molecule has 0 atom stereocenters. The van der Waals surface area contributed by atoms with Crippen molar-refractivity contribution in [3.05, 3.63) is 23.8 Å². The van der Waals surface area contributed by atoms with Crippen LogP contribution in [0.2, 0.25) is 0 Å². The zero-order valence-corrected chi connectivity index (χ0v) is 15.9. The molecular formula is C17H24N2O6S. The third-order valence-corrected chi connectivity index (χ3v) is 5.57. The third-order valence-electron chi connectivity index (χ3n) is 4.48. The fraction of sp³-hybridized carbons (Fsp3) is 0.529. The molecule has 1 aliphatic heterocycles. The number of amides is 1. The zero-order valence-electron chi connectivity index (χ0n) is 15.1. The summed E-state index contributed by atoms with van der Waals surface area (Å²) in [6.45, 7) is 1.64. The second kappa shape index (κ2) is 8.15. The number of hydrogen-bond acceptors (Lipinski definition) is 7. The Balaban J connectivity index is 2.37.